The molecule has 7 nitrogen and oxygen atoms in total. The average Bonchev–Trinajstić information content (AvgIpc) is 2.60. The number of amides is 1. The number of piperidine rings is 1. The maximum atomic E-state index is 12.5. The summed E-state index contributed by atoms with van der Waals surface area (Å²) in [5, 5.41) is 14.5. The van der Waals surface area contributed by atoms with Crippen LogP contribution in [0.4, 0.5) is 11.4 Å². The van der Waals surface area contributed by atoms with Crippen LogP contribution in [0, 0.1) is 22.0 Å². The summed E-state index contributed by atoms with van der Waals surface area (Å²) in [6.07, 6.45) is 2.18. The van der Waals surface area contributed by atoms with E-state index in [1.807, 2.05) is 14.1 Å². The molecule has 0 bridgehead atoms. The van der Waals surface area contributed by atoms with Gasteiger partial charge in [-0.05, 0) is 50.9 Å². The molecule has 2 unspecified atom stereocenters. The van der Waals surface area contributed by atoms with Gasteiger partial charge in [-0.3, -0.25) is 14.9 Å². The van der Waals surface area contributed by atoms with Crippen LogP contribution in [0.3, 0.4) is 0 Å². The first-order valence-corrected chi connectivity index (χ1v) is 9.68. The van der Waals surface area contributed by atoms with Gasteiger partial charge < -0.3 is 15.1 Å². The van der Waals surface area contributed by atoms with Gasteiger partial charge in [0.1, 0.15) is 5.69 Å². The molecule has 1 amide bonds. The summed E-state index contributed by atoms with van der Waals surface area (Å²) in [6.45, 7) is 8.51. The van der Waals surface area contributed by atoms with Crippen LogP contribution in [0.2, 0.25) is 0 Å². The minimum absolute atomic E-state index is 0.00442. The van der Waals surface area contributed by atoms with E-state index >= 15 is 0 Å². The van der Waals surface area contributed by atoms with Crippen LogP contribution in [-0.4, -0.2) is 55.5 Å². The molecule has 1 aromatic carbocycles. The number of carbonyl (C=O) groups excluding carboxylic acids is 1. The minimum atomic E-state index is -0.387. The lowest BCUT2D eigenvalue weighted by atomic mass is 9.99. The van der Waals surface area contributed by atoms with Gasteiger partial charge >= 0.3 is 0 Å². The number of rotatable bonds is 7. The smallest absolute Gasteiger partial charge is 0.293 e. The molecule has 1 aliphatic heterocycles. The van der Waals surface area contributed by atoms with Crippen LogP contribution in [-0.2, 0) is 0 Å². The van der Waals surface area contributed by atoms with Gasteiger partial charge in [0.15, 0.2) is 0 Å². The highest BCUT2D eigenvalue weighted by Crippen LogP contribution is 2.32. The zero-order valence-electron chi connectivity index (χ0n) is 17.1. The highest BCUT2D eigenvalue weighted by Gasteiger charge is 2.25. The summed E-state index contributed by atoms with van der Waals surface area (Å²) < 4.78 is 0. The Morgan fingerprint density at radius 3 is 2.67 bits per heavy atom. The molecule has 0 aliphatic carbocycles. The van der Waals surface area contributed by atoms with Crippen LogP contribution in [0.5, 0.6) is 0 Å². The Morgan fingerprint density at radius 2 is 2.11 bits per heavy atom. The van der Waals surface area contributed by atoms with Gasteiger partial charge in [0, 0.05) is 37.3 Å². The number of nitrogens with one attached hydrogen (secondary N) is 1. The van der Waals surface area contributed by atoms with Gasteiger partial charge in [0.2, 0.25) is 0 Å². The van der Waals surface area contributed by atoms with Gasteiger partial charge in [0.25, 0.3) is 11.6 Å². The number of carbonyl (C=O) groups is 1. The van der Waals surface area contributed by atoms with E-state index in [2.05, 4.69) is 35.9 Å². The van der Waals surface area contributed by atoms with Crippen LogP contribution in [0.15, 0.2) is 18.2 Å². The summed E-state index contributed by atoms with van der Waals surface area (Å²) >= 11 is 0. The normalized spacial score (nSPS) is 18.6. The van der Waals surface area contributed by atoms with Crippen molar-refractivity contribution in [3.63, 3.8) is 0 Å². The molecule has 0 aromatic heterocycles. The van der Waals surface area contributed by atoms with E-state index in [-0.39, 0.29) is 22.6 Å². The number of anilines is 1. The van der Waals surface area contributed by atoms with Crippen molar-refractivity contribution in [1.29, 1.82) is 0 Å². The molecule has 1 fully saturated rings. The van der Waals surface area contributed by atoms with E-state index in [4.69, 9.17) is 0 Å². The molecule has 150 valence electrons. The Hall–Kier alpha value is -2.15. The van der Waals surface area contributed by atoms with Crippen molar-refractivity contribution in [3.8, 4) is 0 Å². The first kappa shape index (κ1) is 21.2. The van der Waals surface area contributed by atoms with E-state index in [0.29, 0.717) is 29.6 Å². The second kappa shape index (κ2) is 9.17. The zero-order valence-corrected chi connectivity index (χ0v) is 17.1. The molecule has 27 heavy (non-hydrogen) atoms. The van der Waals surface area contributed by atoms with Crippen LogP contribution >= 0.6 is 0 Å². The Labute approximate surface area is 161 Å². The third-order valence-electron chi connectivity index (χ3n) is 5.34. The molecular weight excluding hydrogens is 344 g/mol. The third-order valence-corrected chi connectivity index (χ3v) is 5.34. The topological polar surface area (TPSA) is 78.7 Å². The second-order valence-corrected chi connectivity index (χ2v) is 8.14. The predicted octanol–water partition coefficient (Wildman–Crippen LogP) is 3.15. The highest BCUT2D eigenvalue weighted by molar-refractivity contribution is 5.95. The van der Waals surface area contributed by atoms with Crippen molar-refractivity contribution in [1.82, 2.24) is 10.2 Å². The average molecular weight is 377 g/mol. The largest absolute Gasteiger partial charge is 0.366 e. The van der Waals surface area contributed by atoms with Gasteiger partial charge in [-0.25, -0.2) is 0 Å². The monoisotopic (exact) mass is 376 g/mol. The standard InChI is InChI=1S/C20H32N4O3/c1-14(2)19(22(4)5)12-21-20(25)16-8-9-17(18(11-16)24(26)27)23-10-6-7-15(3)13-23/h8-9,11,14-15,19H,6-7,10,12-13H2,1-5H3,(H,21,25). The lowest BCUT2D eigenvalue weighted by molar-refractivity contribution is -0.384. The predicted molar refractivity (Wildman–Crippen MR) is 108 cm³/mol. The Morgan fingerprint density at radius 1 is 1.41 bits per heavy atom. The number of likely N-dealkylation sites (N-methyl/N-ethyl adjacent to an activating group) is 1. The fourth-order valence-electron chi connectivity index (χ4n) is 3.80. The van der Waals surface area contributed by atoms with E-state index < -0.39 is 0 Å². The van der Waals surface area contributed by atoms with Crippen molar-refractivity contribution in [2.75, 3.05) is 38.6 Å². The molecule has 1 aliphatic rings. The van der Waals surface area contributed by atoms with Crippen molar-refractivity contribution < 1.29 is 9.72 Å². The van der Waals surface area contributed by atoms with E-state index in [1.54, 1.807) is 12.1 Å². The van der Waals surface area contributed by atoms with Gasteiger partial charge in [0.05, 0.1) is 4.92 Å². The molecule has 0 radical (unpaired) electrons. The molecule has 0 spiro atoms. The van der Waals surface area contributed by atoms with Crippen LogP contribution in [0.25, 0.3) is 0 Å². The molecule has 1 aromatic rings. The van der Waals surface area contributed by atoms with Crippen molar-refractivity contribution >= 4 is 17.3 Å². The van der Waals surface area contributed by atoms with Crippen molar-refractivity contribution in [2.24, 2.45) is 11.8 Å². The van der Waals surface area contributed by atoms with E-state index in [0.717, 1.165) is 25.9 Å². The molecule has 1 N–H and O–H groups in total. The molecule has 2 atom stereocenters. The van der Waals surface area contributed by atoms with Crippen molar-refractivity contribution in [3.05, 3.63) is 33.9 Å². The van der Waals surface area contributed by atoms with Crippen molar-refractivity contribution in [2.45, 2.75) is 39.7 Å². The summed E-state index contributed by atoms with van der Waals surface area (Å²) in [6, 6.07) is 5.02. The van der Waals surface area contributed by atoms with E-state index in [9.17, 15) is 14.9 Å². The lowest BCUT2D eigenvalue weighted by Crippen LogP contribution is -2.43. The number of hydrogen-bond donors (Lipinski definition) is 1. The second-order valence-electron chi connectivity index (χ2n) is 8.14. The maximum Gasteiger partial charge on any atom is 0.293 e. The molecule has 7 heteroatoms. The zero-order chi connectivity index (χ0) is 20.1. The van der Waals surface area contributed by atoms with Crippen LogP contribution in [0.1, 0.15) is 44.0 Å². The van der Waals surface area contributed by atoms with Gasteiger partial charge in [-0.2, -0.15) is 0 Å². The molecule has 1 saturated heterocycles. The Bertz CT molecular complexity index is 667. The lowest BCUT2D eigenvalue weighted by Gasteiger charge is -2.32. The molecule has 1 heterocycles. The first-order chi connectivity index (χ1) is 12.7. The Kier molecular flexibility index (Phi) is 7.18. The Balaban J connectivity index is 2.17. The molecular formula is C20H32N4O3. The summed E-state index contributed by atoms with van der Waals surface area (Å²) in [5.74, 6) is 0.627. The summed E-state index contributed by atoms with van der Waals surface area (Å²) in [4.78, 5) is 27.9. The fourth-order valence-corrected chi connectivity index (χ4v) is 3.80. The number of nitrogens with zero attached hydrogens (tertiary/aromatic N) is 3. The van der Waals surface area contributed by atoms with Gasteiger partial charge in [-0.1, -0.05) is 20.8 Å². The highest BCUT2D eigenvalue weighted by atomic mass is 16.6. The number of nitro benzene ring substituents is 1. The number of benzene rings is 1. The van der Waals surface area contributed by atoms with Gasteiger partial charge in [-0.15, -0.1) is 0 Å². The minimum Gasteiger partial charge on any atom is -0.366 e. The fraction of sp³-hybridized carbons (Fsp3) is 0.650. The first-order valence-electron chi connectivity index (χ1n) is 9.68. The summed E-state index contributed by atoms with van der Waals surface area (Å²) in [5.41, 5.74) is 0.943. The van der Waals surface area contributed by atoms with Crippen LogP contribution < -0.4 is 10.2 Å². The number of hydrogen-bond acceptors (Lipinski definition) is 5. The quantitative estimate of drug-likeness (QED) is 0.584. The van der Waals surface area contributed by atoms with E-state index in [1.165, 1.54) is 6.07 Å². The maximum absolute atomic E-state index is 12.5. The SMILES string of the molecule is CC1CCCN(c2ccc(C(=O)NCC(C(C)C)N(C)C)cc2[N+](=O)[O-])C1. The molecule has 0 saturated carbocycles. The third kappa shape index (κ3) is 5.42. The summed E-state index contributed by atoms with van der Waals surface area (Å²) in [7, 11) is 3.96. The molecule has 2 rings (SSSR count). The number of nitro groups is 1.